The summed E-state index contributed by atoms with van der Waals surface area (Å²) in [5.41, 5.74) is -0.123. The predicted octanol–water partition coefficient (Wildman–Crippen LogP) is 3.27. The summed E-state index contributed by atoms with van der Waals surface area (Å²) in [6, 6.07) is 3.81. The van der Waals surface area contributed by atoms with E-state index in [4.69, 9.17) is 4.84 Å². The quantitative estimate of drug-likeness (QED) is 0.475. The third-order valence-corrected chi connectivity index (χ3v) is 5.06. The molecule has 0 saturated heterocycles. The Bertz CT molecular complexity index is 519. The van der Waals surface area contributed by atoms with Crippen molar-refractivity contribution in [3.8, 4) is 0 Å². The molecule has 1 aromatic rings. The molecule has 1 aromatic heterocycles. The van der Waals surface area contributed by atoms with Gasteiger partial charge in [0.05, 0.1) is 12.6 Å². The van der Waals surface area contributed by atoms with E-state index in [0.717, 1.165) is 11.3 Å². The predicted molar refractivity (Wildman–Crippen MR) is 78.7 cm³/mol. The van der Waals surface area contributed by atoms with Crippen molar-refractivity contribution in [3.05, 3.63) is 22.4 Å². The Morgan fingerprint density at radius 1 is 1.55 bits per heavy atom. The second-order valence-corrected chi connectivity index (χ2v) is 6.81. The highest BCUT2D eigenvalue weighted by molar-refractivity contribution is 7.11. The lowest BCUT2D eigenvalue weighted by Gasteiger charge is -2.50. The van der Waals surface area contributed by atoms with E-state index in [1.165, 1.54) is 17.6 Å². The summed E-state index contributed by atoms with van der Waals surface area (Å²) in [5, 5.41) is 5.63. The normalized spacial score (nSPS) is 24.4. The van der Waals surface area contributed by atoms with Crippen LogP contribution < -0.4 is 0 Å². The average Bonchev–Trinajstić information content (AvgIpc) is 2.86. The van der Waals surface area contributed by atoms with Crippen molar-refractivity contribution < 1.29 is 14.4 Å². The van der Waals surface area contributed by atoms with Gasteiger partial charge in [0.1, 0.15) is 5.78 Å². The van der Waals surface area contributed by atoms with Crippen molar-refractivity contribution in [2.75, 3.05) is 0 Å². The van der Waals surface area contributed by atoms with Crippen molar-refractivity contribution in [2.24, 2.45) is 22.4 Å². The zero-order chi connectivity index (χ0) is 14.8. The number of hydrogen-bond donors (Lipinski definition) is 0. The maximum Gasteiger partial charge on any atom is 0.335 e. The number of ketones is 1. The Morgan fingerprint density at radius 3 is 2.85 bits per heavy atom. The molecule has 108 valence electrons. The Hall–Kier alpha value is -1.49. The first-order valence-electron chi connectivity index (χ1n) is 6.68. The minimum atomic E-state index is -0.335. The van der Waals surface area contributed by atoms with Gasteiger partial charge in [0.15, 0.2) is 0 Å². The van der Waals surface area contributed by atoms with E-state index in [2.05, 4.69) is 5.16 Å². The van der Waals surface area contributed by atoms with Crippen LogP contribution in [0.15, 0.2) is 22.7 Å². The molecule has 0 radical (unpaired) electrons. The number of Topliss-reactive ketones (excluding diaryl/α,β-unsaturated/α-hetero) is 1. The monoisotopic (exact) mass is 293 g/mol. The fourth-order valence-electron chi connectivity index (χ4n) is 2.79. The summed E-state index contributed by atoms with van der Waals surface area (Å²) >= 11 is 1.53. The average molecular weight is 293 g/mol. The van der Waals surface area contributed by atoms with Crippen molar-refractivity contribution in [3.63, 3.8) is 0 Å². The second kappa shape index (κ2) is 5.87. The van der Waals surface area contributed by atoms with E-state index >= 15 is 0 Å². The molecule has 1 saturated carbocycles. The van der Waals surface area contributed by atoms with Gasteiger partial charge in [-0.15, -0.1) is 11.3 Å². The minimum Gasteiger partial charge on any atom is -0.318 e. The van der Waals surface area contributed by atoms with Crippen molar-refractivity contribution >= 4 is 29.3 Å². The van der Waals surface area contributed by atoms with Crippen LogP contribution in [0.4, 0.5) is 0 Å². The van der Waals surface area contributed by atoms with Crippen LogP contribution >= 0.6 is 11.3 Å². The molecule has 1 heterocycles. The van der Waals surface area contributed by atoms with Crippen LogP contribution in [0.2, 0.25) is 0 Å². The summed E-state index contributed by atoms with van der Waals surface area (Å²) < 4.78 is 0. The first kappa shape index (κ1) is 14.9. The molecule has 20 heavy (non-hydrogen) atoms. The number of carbonyl (C=O) groups excluding carboxylic acids is 2. The van der Waals surface area contributed by atoms with E-state index in [-0.39, 0.29) is 29.0 Å². The SMILES string of the molecule is CC(=O)[C@H]1C[C@@H](CC(=O)ON=Cc2cccs2)C1(C)C. The van der Waals surface area contributed by atoms with E-state index in [0.29, 0.717) is 6.42 Å². The molecule has 5 heteroatoms. The minimum absolute atomic E-state index is 0.0647. The van der Waals surface area contributed by atoms with E-state index in [1.807, 2.05) is 31.4 Å². The van der Waals surface area contributed by atoms with Crippen LogP contribution in [0, 0.1) is 17.3 Å². The van der Waals surface area contributed by atoms with Gasteiger partial charge in [-0.2, -0.15) is 0 Å². The summed E-state index contributed by atoms with van der Waals surface area (Å²) in [6.45, 7) is 5.69. The maximum absolute atomic E-state index is 11.7. The largest absolute Gasteiger partial charge is 0.335 e. The number of nitrogens with zero attached hydrogens (tertiary/aromatic N) is 1. The van der Waals surface area contributed by atoms with Gasteiger partial charge in [0, 0.05) is 10.8 Å². The first-order chi connectivity index (χ1) is 9.41. The molecule has 1 fully saturated rings. The van der Waals surface area contributed by atoms with E-state index < -0.39 is 0 Å². The number of carbonyl (C=O) groups is 2. The molecule has 1 aliphatic carbocycles. The molecule has 4 nitrogen and oxygen atoms in total. The molecule has 0 amide bonds. The molecule has 0 bridgehead atoms. The molecule has 0 aromatic carbocycles. The lowest BCUT2D eigenvalue weighted by atomic mass is 9.53. The van der Waals surface area contributed by atoms with Gasteiger partial charge < -0.3 is 4.84 Å². The summed E-state index contributed by atoms with van der Waals surface area (Å²) in [5.74, 6) is 0.129. The Balaban J connectivity index is 1.80. The van der Waals surface area contributed by atoms with Crippen molar-refractivity contribution in [1.29, 1.82) is 0 Å². The molecule has 0 spiro atoms. The van der Waals surface area contributed by atoms with E-state index in [1.54, 1.807) is 6.92 Å². The standard InChI is InChI=1S/C15H19NO3S/c1-10(17)13-7-11(15(13,2)3)8-14(18)19-16-9-12-5-4-6-20-12/h4-6,9,11,13H,7-8H2,1-3H3/t11-,13+/m0/s1. The molecule has 2 atom stereocenters. The Labute approximate surface area is 122 Å². The third kappa shape index (κ3) is 3.15. The molecule has 1 aliphatic rings. The number of oxime groups is 1. The first-order valence-corrected chi connectivity index (χ1v) is 7.56. The van der Waals surface area contributed by atoms with Crippen LogP contribution in [-0.2, 0) is 14.4 Å². The van der Waals surface area contributed by atoms with Crippen LogP contribution in [0.1, 0.15) is 38.5 Å². The highest BCUT2D eigenvalue weighted by atomic mass is 32.1. The van der Waals surface area contributed by atoms with Gasteiger partial charge in [0.25, 0.3) is 0 Å². The van der Waals surface area contributed by atoms with Gasteiger partial charge in [-0.1, -0.05) is 25.1 Å². The zero-order valence-corrected chi connectivity index (χ0v) is 12.8. The number of hydrogen-bond acceptors (Lipinski definition) is 5. The molecule has 2 rings (SSSR count). The van der Waals surface area contributed by atoms with Crippen LogP contribution in [0.5, 0.6) is 0 Å². The highest BCUT2D eigenvalue weighted by Crippen LogP contribution is 2.53. The van der Waals surface area contributed by atoms with E-state index in [9.17, 15) is 9.59 Å². The number of rotatable bonds is 5. The van der Waals surface area contributed by atoms with Gasteiger partial charge >= 0.3 is 5.97 Å². The maximum atomic E-state index is 11.7. The van der Waals surface area contributed by atoms with Gasteiger partial charge in [-0.05, 0) is 36.1 Å². The molecule has 0 unspecified atom stereocenters. The lowest BCUT2D eigenvalue weighted by Crippen LogP contribution is -2.48. The Morgan fingerprint density at radius 2 is 2.30 bits per heavy atom. The topological polar surface area (TPSA) is 55.7 Å². The van der Waals surface area contributed by atoms with Crippen LogP contribution in [0.25, 0.3) is 0 Å². The highest BCUT2D eigenvalue weighted by Gasteiger charge is 2.50. The summed E-state index contributed by atoms with van der Waals surface area (Å²) in [6.07, 6.45) is 2.62. The number of thiophene rings is 1. The zero-order valence-electron chi connectivity index (χ0n) is 12.0. The second-order valence-electron chi connectivity index (χ2n) is 5.83. The van der Waals surface area contributed by atoms with Crippen molar-refractivity contribution in [1.82, 2.24) is 0 Å². The van der Waals surface area contributed by atoms with Crippen LogP contribution in [-0.4, -0.2) is 18.0 Å². The lowest BCUT2D eigenvalue weighted by molar-refractivity contribution is -0.153. The van der Waals surface area contributed by atoms with Crippen LogP contribution in [0.3, 0.4) is 0 Å². The smallest absolute Gasteiger partial charge is 0.318 e. The summed E-state index contributed by atoms with van der Waals surface area (Å²) in [4.78, 5) is 29.0. The fourth-order valence-corrected chi connectivity index (χ4v) is 3.37. The molecular weight excluding hydrogens is 274 g/mol. The van der Waals surface area contributed by atoms with Gasteiger partial charge in [0.2, 0.25) is 0 Å². The summed E-state index contributed by atoms with van der Waals surface area (Å²) in [7, 11) is 0. The van der Waals surface area contributed by atoms with Gasteiger partial charge in [-0.3, -0.25) is 4.79 Å². The van der Waals surface area contributed by atoms with Crippen molar-refractivity contribution in [2.45, 2.75) is 33.6 Å². The molecule has 0 aliphatic heterocycles. The van der Waals surface area contributed by atoms with Gasteiger partial charge in [-0.25, -0.2) is 4.79 Å². The third-order valence-electron chi connectivity index (χ3n) is 4.25. The Kier molecular flexibility index (Phi) is 4.38. The molecule has 0 N–H and O–H groups in total. The molecular formula is C15H19NO3S. The fraction of sp³-hybridized carbons (Fsp3) is 0.533.